The van der Waals surface area contributed by atoms with Gasteiger partial charge in [0.2, 0.25) is 5.91 Å². The van der Waals surface area contributed by atoms with Gasteiger partial charge in [-0.05, 0) is 42.7 Å². The molecule has 0 unspecified atom stereocenters. The van der Waals surface area contributed by atoms with Crippen LogP contribution in [0.25, 0.3) is 0 Å². The van der Waals surface area contributed by atoms with Crippen LogP contribution in [-0.4, -0.2) is 29.9 Å². The number of urea groups is 1. The van der Waals surface area contributed by atoms with E-state index < -0.39 is 0 Å². The van der Waals surface area contributed by atoms with Crippen LogP contribution in [0.2, 0.25) is 5.02 Å². The van der Waals surface area contributed by atoms with Crippen LogP contribution >= 0.6 is 11.6 Å². The van der Waals surface area contributed by atoms with Gasteiger partial charge < -0.3 is 15.5 Å². The highest BCUT2D eigenvalue weighted by Gasteiger charge is 2.27. The highest BCUT2D eigenvalue weighted by Crippen LogP contribution is 2.19. The third kappa shape index (κ3) is 4.99. The Morgan fingerprint density at radius 2 is 1.65 bits per heavy atom. The molecule has 3 rings (SSSR count). The monoisotopic (exact) mass is 371 g/mol. The topological polar surface area (TPSA) is 61.4 Å². The summed E-state index contributed by atoms with van der Waals surface area (Å²) in [5.41, 5.74) is 1.79. The summed E-state index contributed by atoms with van der Waals surface area (Å²) in [5, 5.41) is 6.47. The largest absolute Gasteiger partial charge is 0.352 e. The number of halogens is 1. The predicted octanol–water partition coefficient (Wildman–Crippen LogP) is 3.90. The van der Waals surface area contributed by atoms with Crippen LogP contribution in [0, 0.1) is 5.92 Å². The molecule has 1 aliphatic heterocycles. The zero-order valence-corrected chi connectivity index (χ0v) is 15.2. The van der Waals surface area contributed by atoms with E-state index in [0.717, 1.165) is 5.56 Å². The first-order valence-corrected chi connectivity index (χ1v) is 9.13. The maximum absolute atomic E-state index is 12.3. The standard InChI is InChI=1S/C20H22ClN3O2/c21-17-6-8-18(9-7-17)23-20(26)24-12-10-16(11-13-24)19(25)22-14-15-4-2-1-3-5-15/h1-9,16H,10-14H2,(H,22,25)(H,23,26). The Hall–Kier alpha value is -2.53. The number of rotatable bonds is 4. The van der Waals surface area contributed by atoms with E-state index >= 15 is 0 Å². The second kappa shape index (κ2) is 8.72. The van der Waals surface area contributed by atoms with Crippen LogP contribution in [0.1, 0.15) is 18.4 Å². The van der Waals surface area contributed by atoms with E-state index in [1.165, 1.54) is 0 Å². The van der Waals surface area contributed by atoms with Crippen molar-refractivity contribution in [3.63, 3.8) is 0 Å². The fourth-order valence-electron chi connectivity index (χ4n) is 3.01. The van der Waals surface area contributed by atoms with Gasteiger partial charge in [-0.15, -0.1) is 0 Å². The lowest BCUT2D eigenvalue weighted by Crippen LogP contribution is -2.44. The van der Waals surface area contributed by atoms with Gasteiger partial charge in [0, 0.05) is 36.3 Å². The maximum atomic E-state index is 12.3. The summed E-state index contributed by atoms with van der Waals surface area (Å²) in [6, 6.07) is 16.7. The van der Waals surface area contributed by atoms with Gasteiger partial charge in [0.1, 0.15) is 0 Å². The summed E-state index contributed by atoms with van der Waals surface area (Å²) >= 11 is 5.85. The number of nitrogens with one attached hydrogen (secondary N) is 2. The average molecular weight is 372 g/mol. The molecule has 136 valence electrons. The SMILES string of the molecule is O=C(NCc1ccccc1)C1CCN(C(=O)Nc2ccc(Cl)cc2)CC1. The van der Waals surface area contributed by atoms with Crippen LogP contribution in [0.15, 0.2) is 54.6 Å². The number of nitrogens with zero attached hydrogens (tertiary/aromatic N) is 1. The number of hydrogen-bond donors (Lipinski definition) is 2. The Balaban J connectivity index is 1.43. The van der Waals surface area contributed by atoms with E-state index in [9.17, 15) is 9.59 Å². The molecule has 1 fully saturated rings. The normalized spacial score (nSPS) is 14.7. The predicted molar refractivity (Wildman–Crippen MR) is 103 cm³/mol. The second-order valence-electron chi connectivity index (χ2n) is 6.40. The number of carbonyl (C=O) groups is 2. The zero-order chi connectivity index (χ0) is 18.4. The third-order valence-corrected chi connectivity index (χ3v) is 4.81. The van der Waals surface area contributed by atoms with Gasteiger partial charge in [0.25, 0.3) is 0 Å². The summed E-state index contributed by atoms with van der Waals surface area (Å²) in [6.07, 6.45) is 1.35. The molecule has 0 radical (unpaired) electrons. The molecule has 2 aromatic rings. The second-order valence-corrected chi connectivity index (χ2v) is 6.84. The number of piperidine rings is 1. The molecule has 0 aromatic heterocycles. The number of carbonyl (C=O) groups excluding carboxylic acids is 2. The quantitative estimate of drug-likeness (QED) is 0.856. The third-order valence-electron chi connectivity index (χ3n) is 4.56. The van der Waals surface area contributed by atoms with E-state index in [-0.39, 0.29) is 17.9 Å². The van der Waals surface area contributed by atoms with Crippen molar-refractivity contribution < 1.29 is 9.59 Å². The van der Waals surface area contributed by atoms with Crippen molar-refractivity contribution in [1.29, 1.82) is 0 Å². The fraction of sp³-hybridized carbons (Fsp3) is 0.300. The van der Waals surface area contributed by atoms with Crippen molar-refractivity contribution in [2.24, 2.45) is 5.92 Å². The molecular formula is C20H22ClN3O2. The molecule has 0 atom stereocenters. The fourth-order valence-corrected chi connectivity index (χ4v) is 3.14. The lowest BCUT2D eigenvalue weighted by atomic mass is 9.96. The van der Waals surface area contributed by atoms with Crippen molar-refractivity contribution in [1.82, 2.24) is 10.2 Å². The summed E-state index contributed by atoms with van der Waals surface area (Å²) in [4.78, 5) is 26.4. The van der Waals surface area contributed by atoms with Crippen molar-refractivity contribution in [3.8, 4) is 0 Å². The Bertz CT molecular complexity index is 741. The zero-order valence-electron chi connectivity index (χ0n) is 14.5. The molecule has 2 aromatic carbocycles. The van der Waals surface area contributed by atoms with Gasteiger partial charge in [-0.2, -0.15) is 0 Å². The number of benzene rings is 2. The van der Waals surface area contributed by atoms with Crippen LogP contribution in [-0.2, 0) is 11.3 Å². The lowest BCUT2D eigenvalue weighted by Gasteiger charge is -2.31. The van der Waals surface area contributed by atoms with Crippen LogP contribution in [0.5, 0.6) is 0 Å². The van der Waals surface area contributed by atoms with E-state index in [1.807, 2.05) is 30.3 Å². The molecule has 0 saturated carbocycles. The van der Waals surface area contributed by atoms with E-state index in [2.05, 4.69) is 10.6 Å². The average Bonchev–Trinajstić information content (AvgIpc) is 2.69. The molecule has 1 saturated heterocycles. The molecule has 0 aliphatic carbocycles. The van der Waals surface area contributed by atoms with Crippen molar-refractivity contribution in [2.75, 3.05) is 18.4 Å². The first kappa shape index (κ1) is 18.3. The number of hydrogen-bond acceptors (Lipinski definition) is 2. The minimum atomic E-state index is -0.143. The molecule has 6 heteroatoms. The molecule has 1 aliphatic rings. The summed E-state index contributed by atoms with van der Waals surface area (Å²) in [7, 11) is 0. The van der Waals surface area contributed by atoms with E-state index in [1.54, 1.807) is 29.2 Å². The lowest BCUT2D eigenvalue weighted by molar-refractivity contribution is -0.126. The Labute approximate surface area is 158 Å². The van der Waals surface area contributed by atoms with Crippen molar-refractivity contribution in [3.05, 3.63) is 65.2 Å². The van der Waals surface area contributed by atoms with Gasteiger partial charge >= 0.3 is 6.03 Å². The molecular weight excluding hydrogens is 350 g/mol. The highest BCUT2D eigenvalue weighted by molar-refractivity contribution is 6.30. The molecule has 0 spiro atoms. The molecule has 2 N–H and O–H groups in total. The molecule has 26 heavy (non-hydrogen) atoms. The van der Waals surface area contributed by atoms with Gasteiger partial charge in [0.15, 0.2) is 0 Å². The van der Waals surface area contributed by atoms with E-state index in [4.69, 9.17) is 11.6 Å². The first-order valence-electron chi connectivity index (χ1n) is 8.75. The number of likely N-dealkylation sites (tertiary alicyclic amines) is 1. The molecule has 0 bridgehead atoms. The molecule has 1 heterocycles. The van der Waals surface area contributed by atoms with Gasteiger partial charge in [-0.1, -0.05) is 41.9 Å². The molecule has 5 nitrogen and oxygen atoms in total. The van der Waals surface area contributed by atoms with E-state index in [0.29, 0.717) is 43.2 Å². The Morgan fingerprint density at radius 3 is 2.31 bits per heavy atom. The summed E-state index contributed by atoms with van der Waals surface area (Å²) in [6.45, 7) is 1.68. The highest BCUT2D eigenvalue weighted by atomic mass is 35.5. The van der Waals surface area contributed by atoms with Gasteiger partial charge in [0.05, 0.1) is 0 Å². The smallest absolute Gasteiger partial charge is 0.321 e. The van der Waals surface area contributed by atoms with Gasteiger partial charge in [-0.3, -0.25) is 4.79 Å². The van der Waals surface area contributed by atoms with Crippen LogP contribution in [0.4, 0.5) is 10.5 Å². The first-order chi connectivity index (χ1) is 12.6. The Kier molecular flexibility index (Phi) is 6.12. The minimum absolute atomic E-state index is 0.0432. The maximum Gasteiger partial charge on any atom is 0.321 e. The number of anilines is 1. The van der Waals surface area contributed by atoms with Crippen molar-refractivity contribution >= 4 is 29.2 Å². The van der Waals surface area contributed by atoms with Crippen LogP contribution < -0.4 is 10.6 Å². The van der Waals surface area contributed by atoms with Crippen LogP contribution in [0.3, 0.4) is 0 Å². The number of amides is 3. The summed E-state index contributed by atoms with van der Waals surface area (Å²) < 4.78 is 0. The Morgan fingerprint density at radius 1 is 1.00 bits per heavy atom. The summed E-state index contributed by atoms with van der Waals surface area (Å²) in [5.74, 6) is 0.0184. The molecule has 3 amide bonds. The minimum Gasteiger partial charge on any atom is -0.352 e. The van der Waals surface area contributed by atoms with Gasteiger partial charge in [-0.25, -0.2) is 4.79 Å². The van der Waals surface area contributed by atoms with Crippen molar-refractivity contribution in [2.45, 2.75) is 19.4 Å².